The average molecular weight is 330 g/mol. The molecule has 0 bridgehead atoms. The minimum atomic E-state index is 0.557. The summed E-state index contributed by atoms with van der Waals surface area (Å²) in [6.45, 7) is 7.55. The van der Waals surface area contributed by atoms with Gasteiger partial charge in [0.25, 0.3) is 0 Å². The molecule has 0 amide bonds. The monoisotopic (exact) mass is 330 g/mol. The minimum absolute atomic E-state index is 0.557. The number of likely N-dealkylation sites (tertiary alicyclic amines) is 1. The fourth-order valence-electron chi connectivity index (χ4n) is 4.38. The molecule has 5 nitrogen and oxygen atoms in total. The van der Waals surface area contributed by atoms with Crippen molar-refractivity contribution in [2.75, 3.05) is 38.2 Å². The van der Waals surface area contributed by atoms with Gasteiger partial charge in [-0.1, -0.05) is 0 Å². The molecule has 1 N–H and O–H groups in total. The number of aromatic nitrogens is 2. The summed E-state index contributed by atoms with van der Waals surface area (Å²) in [5, 5.41) is 3.76. The first kappa shape index (κ1) is 16.3. The van der Waals surface area contributed by atoms with Crippen molar-refractivity contribution in [3.8, 4) is 0 Å². The highest BCUT2D eigenvalue weighted by atomic mass is 16.5. The summed E-state index contributed by atoms with van der Waals surface area (Å²) in [5.74, 6) is 2.79. The molecule has 2 saturated heterocycles. The van der Waals surface area contributed by atoms with Gasteiger partial charge in [-0.15, -0.1) is 0 Å². The average Bonchev–Trinajstić information content (AvgIpc) is 3.09. The van der Waals surface area contributed by atoms with Crippen LogP contribution in [0.15, 0.2) is 0 Å². The Hall–Kier alpha value is -1.20. The van der Waals surface area contributed by atoms with E-state index in [1.165, 1.54) is 63.0 Å². The molecule has 0 saturated carbocycles. The minimum Gasteiger partial charge on any atom is -0.381 e. The van der Waals surface area contributed by atoms with Crippen molar-refractivity contribution >= 4 is 5.82 Å². The first-order valence-electron chi connectivity index (χ1n) is 9.71. The van der Waals surface area contributed by atoms with Gasteiger partial charge < -0.3 is 15.0 Å². The van der Waals surface area contributed by atoms with Crippen LogP contribution in [0.5, 0.6) is 0 Å². The first-order valence-corrected chi connectivity index (χ1v) is 9.71. The molecule has 1 atom stereocenters. The quantitative estimate of drug-likeness (QED) is 0.919. The number of nitrogens with one attached hydrogen (secondary N) is 1. The standard InChI is InChI=1S/C19H30N4O/c1-14-20-18-5-3-2-4-17(18)19(21-14)22-16-6-9-23(10-7-16)12-15-8-11-24-13-15/h15-16H,2-13H2,1H3,(H,20,21,22). The van der Waals surface area contributed by atoms with E-state index in [4.69, 9.17) is 9.72 Å². The predicted molar refractivity (Wildman–Crippen MR) is 95.4 cm³/mol. The summed E-state index contributed by atoms with van der Waals surface area (Å²) in [6, 6.07) is 0.557. The molecule has 2 fully saturated rings. The van der Waals surface area contributed by atoms with Crippen LogP contribution in [0.4, 0.5) is 5.82 Å². The third kappa shape index (κ3) is 3.72. The number of ether oxygens (including phenoxy) is 1. The number of aryl methyl sites for hydroxylation is 2. The second-order valence-corrected chi connectivity index (χ2v) is 7.70. The number of nitrogens with zero attached hydrogens (tertiary/aromatic N) is 3. The Morgan fingerprint density at radius 1 is 1.12 bits per heavy atom. The normalized spacial score (nSPS) is 25.6. The fourth-order valence-corrected chi connectivity index (χ4v) is 4.38. The van der Waals surface area contributed by atoms with E-state index in [0.29, 0.717) is 6.04 Å². The Morgan fingerprint density at radius 2 is 1.96 bits per heavy atom. The Balaban J connectivity index is 1.34. The van der Waals surface area contributed by atoms with E-state index in [0.717, 1.165) is 43.6 Å². The van der Waals surface area contributed by atoms with Crippen molar-refractivity contribution in [1.29, 1.82) is 0 Å². The molecule has 2 aliphatic heterocycles. The van der Waals surface area contributed by atoms with Gasteiger partial charge in [0.2, 0.25) is 0 Å². The van der Waals surface area contributed by atoms with E-state index in [9.17, 15) is 0 Å². The maximum atomic E-state index is 5.51. The number of anilines is 1. The van der Waals surface area contributed by atoms with Crippen LogP contribution in [0.2, 0.25) is 0 Å². The van der Waals surface area contributed by atoms with Gasteiger partial charge in [0, 0.05) is 43.5 Å². The highest BCUT2D eigenvalue weighted by molar-refractivity contribution is 5.48. The molecule has 1 aliphatic carbocycles. The Bertz CT molecular complexity index is 563. The maximum Gasteiger partial charge on any atom is 0.133 e. The molecule has 5 heteroatoms. The molecule has 0 radical (unpaired) electrons. The zero-order chi connectivity index (χ0) is 16.4. The number of rotatable bonds is 4. The molecular formula is C19H30N4O. The fraction of sp³-hybridized carbons (Fsp3) is 0.789. The van der Waals surface area contributed by atoms with Crippen molar-refractivity contribution in [3.63, 3.8) is 0 Å². The lowest BCUT2D eigenvalue weighted by Gasteiger charge is -2.34. The van der Waals surface area contributed by atoms with Crippen LogP contribution in [0.1, 0.15) is 49.2 Å². The molecule has 1 unspecified atom stereocenters. The van der Waals surface area contributed by atoms with Gasteiger partial charge in [0.05, 0.1) is 6.61 Å². The lowest BCUT2D eigenvalue weighted by molar-refractivity contribution is 0.154. The Labute approximate surface area is 145 Å². The molecular weight excluding hydrogens is 300 g/mol. The highest BCUT2D eigenvalue weighted by Crippen LogP contribution is 2.27. The van der Waals surface area contributed by atoms with E-state index in [-0.39, 0.29) is 0 Å². The summed E-state index contributed by atoms with van der Waals surface area (Å²) >= 11 is 0. The van der Waals surface area contributed by atoms with Crippen molar-refractivity contribution in [2.45, 2.75) is 57.9 Å². The van der Waals surface area contributed by atoms with Crippen LogP contribution < -0.4 is 5.32 Å². The van der Waals surface area contributed by atoms with E-state index < -0.39 is 0 Å². The number of hydrogen-bond donors (Lipinski definition) is 1. The SMILES string of the molecule is Cc1nc2c(c(NC3CCN(CC4CCOC4)CC3)n1)CCCC2. The number of hydrogen-bond acceptors (Lipinski definition) is 5. The number of fused-ring (bicyclic) bond motifs is 1. The molecule has 0 aromatic carbocycles. The number of piperidine rings is 1. The van der Waals surface area contributed by atoms with Gasteiger partial charge in [-0.05, 0) is 57.8 Å². The summed E-state index contributed by atoms with van der Waals surface area (Å²) in [7, 11) is 0. The molecule has 132 valence electrons. The molecule has 24 heavy (non-hydrogen) atoms. The first-order chi connectivity index (χ1) is 11.8. The third-order valence-electron chi connectivity index (χ3n) is 5.76. The Morgan fingerprint density at radius 3 is 2.75 bits per heavy atom. The lowest BCUT2D eigenvalue weighted by atomic mass is 9.95. The van der Waals surface area contributed by atoms with E-state index in [1.54, 1.807) is 0 Å². The molecule has 1 aromatic rings. The summed E-state index contributed by atoms with van der Waals surface area (Å²) in [4.78, 5) is 12.0. The second kappa shape index (κ2) is 7.36. The molecule has 3 aliphatic rings. The van der Waals surface area contributed by atoms with Crippen molar-refractivity contribution < 1.29 is 4.74 Å². The van der Waals surface area contributed by atoms with Crippen molar-refractivity contribution in [3.05, 3.63) is 17.1 Å². The summed E-state index contributed by atoms with van der Waals surface area (Å²) in [5.41, 5.74) is 2.67. The lowest BCUT2D eigenvalue weighted by Crippen LogP contribution is -2.41. The molecule has 3 heterocycles. The maximum absolute atomic E-state index is 5.51. The van der Waals surface area contributed by atoms with Crippen LogP contribution in [-0.4, -0.2) is 53.8 Å². The van der Waals surface area contributed by atoms with Crippen molar-refractivity contribution in [1.82, 2.24) is 14.9 Å². The Kier molecular flexibility index (Phi) is 4.99. The summed E-state index contributed by atoms with van der Waals surface area (Å²) < 4.78 is 5.51. The van der Waals surface area contributed by atoms with Gasteiger partial charge >= 0.3 is 0 Å². The van der Waals surface area contributed by atoms with Gasteiger partial charge in [0.15, 0.2) is 0 Å². The van der Waals surface area contributed by atoms with E-state index in [2.05, 4.69) is 15.2 Å². The summed E-state index contributed by atoms with van der Waals surface area (Å²) in [6.07, 6.45) is 8.47. The topological polar surface area (TPSA) is 50.3 Å². The zero-order valence-electron chi connectivity index (χ0n) is 14.9. The van der Waals surface area contributed by atoms with Gasteiger partial charge in [0.1, 0.15) is 11.6 Å². The van der Waals surface area contributed by atoms with Crippen LogP contribution in [0.3, 0.4) is 0 Å². The second-order valence-electron chi connectivity index (χ2n) is 7.70. The van der Waals surface area contributed by atoms with Crippen LogP contribution in [-0.2, 0) is 17.6 Å². The van der Waals surface area contributed by atoms with Gasteiger partial charge in [-0.25, -0.2) is 9.97 Å². The van der Waals surface area contributed by atoms with Crippen LogP contribution in [0, 0.1) is 12.8 Å². The molecule has 0 spiro atoms. The van der Waals surface area contributed by atoms with E-state index >= 15 is 0 Å². The van der Waals surface area contributed by atoms with Crippen LogP contribution in [0.25, 0.3) is 0 Å². The van der Waals surface area contributed by atoms with E-state index in [1.807, 2.05) is 6.92 Å². The smallest absolute Gasteiger partial charge is 0.133 e. The predicted octanol–water partition coefficient (Wildman–Crippen LogP) is 2.58. The highest BCUT2D eigenvalue weighted by Gasteiger charge is 2.25. The molecule has 4 rings (SSSR count). The third-order valence-corrected chi connectivity index (χ3v) is 5.76. The largest absolute Gasteiger partial charge is 0.381 e. The molecule has 1 aromatic heterocycles. The van der Waals surface area contributed by atoms with Gasteiger partial charge in [-0.2, -0.15) is 0 Å². The van der Waals surface area contributed by atoms with Crippen molar-refractivity contribution in [2.24, 2.45) is 5.92 Å². The van der Waals surface area contributed by atoms with Gasteiger partial charge in [-0.3, -0.25) is 0 Å². The zero-order valence-corrected chi connectivity index (χ0v) is 14.9. The van der Waals surface area contributed by atoms with Crippen LogP contribution >= 0.6 is 0 Å².